The Labute approximate surface area is 102 Å². The maximum absolute atomic E-state index is 12.5. The SMILES string of the molecule is FC(F)(F)C1CCN(c2ccc(Cl)nn2)CC1. The molecule has 1 fully saturated rings. The van der Waals surface area contributed by atoms with Gasteiger partial charge in [0.05, 0.1) is 5.92 Å². The summed E-state index contributed by atoms with van der Waals surface area (Å²) in [5.74, 6) is -0.617. The van der Waals surface area contributed by atoms with Crippen LogP contribution in [0.5, 0.6) is 0 Å². The molecule has 2 heterocycles. The normalized spacial score (nSPS) is 18.5. The summed E-state index contributed by atoms with van der Waals surface area (Å²) in [5.41, 5.74) is 0. The van der Waals surface area contributed by atoms with Crippen LogP contribution in [0.4, 0.5) is 19.0 Å². The van der Waals surface area contributed by atoms with Crippen molar-refractivity contribution in [3.05, 3.63) is 17.3 Å². The number of rotatable bonds is 1. The van der Waals surface area contributed by atoms with Gasteiger partial charge in [-0.3, -0.25) is 0 Å². The van der Waals surface area contributed by atoms with E-state index in [1.54, 1.807) is 17.0 Å². The van der Waals surface area contributed by atoms with E-state index in [2.05, 4.69) is 10.2 Å². The van der Waals surface area contributed by atoms with E-state index in [-0.39, 0.29) is 18.0 Å². The average molecular weight is 266 g/mol. The van der Waals surface area contributed by atoms with E-state index < -0.39 is 12.1 Å². The van der Waals surface area contributed by atoms with Crippen LogP contribution >= 0.6 is 11.6 Å². The zero-order valence-electron chi connectivity index (χ0n) is 8.91. The Kier molecular flexibility index (Phi) is 3.42. The van der Waals surface area contributed by atoms with E-state index in [1.807, 2.05) is 0 Å². The number of anilines is 1. The van der Waals surface area contributed by atoms with Gasteiger partial charge >= 0.3 is 6.18 Å². The van der Waals surface area contributed by atoms with Crippen molar-refractivity contribution >= 4 is 17.4 Å². The Morgan fingerprint density at radius 1 is 1.18 bits per heavy atom. The second-order valence-electron chi connectivity index (χ2n) is 4.02. The molecule has 0 saturated carbocycles. The number of hydrogen-bond acceptors (Lipinski definition) is 3. The van der Waals surface area contributed by atoms with Crippen LogP contribution < -0.4 is 4.90 Å². The molecule has 1 aromatic rings. The van der Waals surface area contributed by atoms with Gasteiger partial charge in [-0.05, 0) is 25.0 Å². The van der Waals surface area contributed by atoms with Crippen LogP contribution in [0.1, 0.15) is 12.8 Å². The van der Waals surface area contributed by atoms with Crippen LogP contribution in [-0.2, 0) is 0 Å². The summed E-state index contributed by atoms with van der Waals surface area (Å²) in [6.07, 6.45) is -3.88. The van der Waals surface area contributed by atoms with Crippen molar-refractivity contribution in [2.75, 3.05) is 18.0 Å². The predicted octanol–water partition coefficient (Wildman–Crippen LogP) is 2.91. The molecule has 1 aliphatic heterocycles. The maximum atomic E-state index is 12.5. The van der Waals surface area contributed by atoms with E-state index in [0.717, 1.165) is 0 Å². The molecule has 0 bridgehead atoms. The van der Waals surface area contributed by atoms with Gasteiger partial charge in [-0.2, -0.15) is 13.2 Å². The summed E-state index contributed by atoms with van der Waals surface area (Å²) in [6, 6.07) is 3.25. The molecule has 0 atom stereocenters. The Hall–Kier alpha value is -1.04. The summed E-state index contributed by atoms with van der Waals surface area (Å²) in [5, 5.41) is 7.80. The van der Waals surface area contributed by atoms with E-state index in [9.17, 15) is 13.2 Å². The first-order valence-electron chi connectivity index (χ1n) is 5.28. The molecule has 94 valence electrons. The van der Waals surface area contributed by atoms with E-state index in [0.29, 0.717) is 18.9 Å². The lowest BCUT2D eigenvalue weighted by Crippen LogP contribution is -2.39. The molecule has 0 aliphatic carbocycles. The molecule has 0 spiro atoms. The lowest BCUT2D eigenvalue weighted by molar-refractivity contribution is -0.179. The van der Waals surface area contributed by atoms with Gasteiger partial charge in [0.2, 0.25) is 0 Å². The largest absolute Gasteiger partial charge is 0.391 e. The van der Waals surface area contributed by atoms with Gasteiger partial charge in [-0.1, -0.05) is 11.6 Å². The van der Waals surface area contributed by atoms with Crippen molar-refractivity contribution in [2.24, 2.45) is 5.92 Å². The highest BCUT2D eigenvalue weighted by Crippen LogP contribution is 2.34. The lowest BCUT2D eigenvalue weighted by Gasteiger charge is -2.33. The topological polar surface area (TPSA) is 29.0 Å². The van der Waals surface area contributed by atoms with Gasteiger partial charge in [0.15, 0.2) is 11.0 Å². The Morgan fingerprint density at radius 3 is 2.29 bits per heavy atom. The third kappa shape index (κ3) is 3.00. The summed E-state index contributed by atoms with van der Waals surface area (Å²) in [7, 11) is 0. The van der Waals surface area contributed by atoms with Crippen molar-refractivity contribution in [2.45, 2.75) is 19.0 Å². The molecule has 0 N–H and O–H groups in total. The summed E-state index contributed by atoms with van der Waals surface area (Å²) in [4.78, 5) is 1.80. The molecule has 1 saturated heterocycles. The first kappa shape index (κ1) is 12.4. The zero-order chi connectivity index (χ0) is 12.5. The molecule has 17 heavy (non-hydrogen) atoms. The van der Waals surface area contributed by atoms with E-state index >= 15 is 0 Å². The Bertz CT molecular complexity index is 371. The minimum absolute atomic E-state index is 0.105. The molecule has 0 unspecified atom stereocenters. The van der Waals surface area contributed by atoms with Crippen LogP contribution in [0.3, 0.4) is 0 Å². The molecular weight excluding hydrogens is 255 g/mol. The van der Waals surface area contributed by atoms with Gasteiger partial charge in [0.1, 0.15) is 0 Å². The quantitative estimate of drug-likeness (QED) is 0.782. The van der Waals surface area contributed by atoms with Crippen molar-refractivity contribution in [1.82, 2.24) is 10.2 Å². The smallest absolute Gasteiger partial charge is 0.355 e. The van der Waals surface area contributed by atoms with Gasteiger partial charge in [-0.15, -0.1) is 10.2 Å². The van der Waals surface area contributed by atoms with Gasteiger partial charge in [-0.25, -0.2) is 0 Å². The Morgan fingerprint density at radius 2 is 1.82 bits per heavy atom. The third-order valence-corrected chi connectivity index (χ3v) is 3.10. The minimum atomic E-state index is -4.09. The van der Waals surface area contributed by atoms with Crippen LogP contribution in [0.25, 0.3) is 0 Å². The number of nitrogens with zero attached hydrogens (tertiary/aromatic N) is 3. The first-order valence-corrected chi connectivity index (χ1v) is 5.65. The van der Waals surface area contributed by atoms with Crippen LogP contribution in [0.2, 0.25) is 5.15 Å². The molecule has 1 aliphatic rings. The molecule has 0 aromatic carbocycles. The standard InChI is InChI=1S/C10H11ClF3N3/c11-8-1-2-9(16-15-8)17-5-3-7(4-6-17)10(12,13)14/h1-2,7H,3-6H2. The Balaban J connectivity index is 1.97. The summed E-state index contributed by atoms with van der Waals surface area (Å²) < 4.78 is 37.4. The monoisotopic (exact) mass is 265 g/mol. The van der Waals surface area contributed by atoms with Crippen molar-refractivity contribution in [3.63, 3.8) is 0 Å². The van der Waals surface area contributed by atoms with Gasteiger partial charge in [0, 0.05) is 13.1 Å². The lowest BCUT2D eigenvalue weighted by atomic mass is 9.96. The van der Waals surface area contributed by atoms with E-state index in [1.165, 1.54) is 0 Å². The number of piperidine rings is 1. The van der Waals surface area contributed by atoms with Crippen molar-refractivity contribution < 1.29 is 13.2 Å². The third-order valence-electron chi connectivity index (χ3n) is 2.90. The fraction of sp³-hybridized carbons (Fsp3) is 0.600. The molecule has 3 nitrogen and oxygen atoms in total. The van der Waals surface area contributed by atoms with Crippen LogP contribution in [0.15, 0.2) is 12.1 Å². The fourth-order valence-corrected chi connectivity index (χ4v) is 2.01. The molecule has 1 aromatic heterocycles. The number of halogens is 4. The summed E-state index contributed by atoms with van der Waals surface area (Å²) >= 11 is 5.59. The van der Waals surface area contributed by atoms with Gasteiger partial charge in [0.25, 0.3) is 0 Å². The number of hydrogen-bond donors (Lipinski definition) is 0. The minimum Gasteiger partial charge on any atom is -0.355 e. The molecule has 0 amide bonds. The number of alkyl halides is 3. The maximum Gasteiger partial charge on any atom is 0.391 e. The highest BCUT2D eigenvalue weighted by Gasteiger charge is 2.41. The molecule has 7 heteroatoms. The van der Waals surface area contributed by atoms with Gasteiger partial charge < -0.3 is 4.90 Å². The zero-order valence-corrected chi connectivity index (χ0v) is 9.67. The van der Waals surface area contributed by atoms with Crippen molar-refractivity contribution in [3.8, 4) is 0 Å². The predicted molar refractivity (Wildman–Crippen MR) is 58.0 cm³/mol. The second kappa shape index (κ2) is 4.68. The molecule has 0 radical (unpaired) electrons. The molecule has 2 rings (SSSR count). The molecular formula is C10H11ClF3N3. The highest BCUT2D eigenvalue weighted by atomic mass is 35.5. The first-order chi connectivity index (χ1) is 7.97. The van der Waals surface area contributed by atoms with E-state index in [4.69, 9.17) is 11.6 Å². The van der Waals surface area contributed by atoms with Crippen molar-refractivity contribution in [1.29, 1.82) is 0 Å². The number of aromatic nitrogens is 2. The fourth-order valence-electron chi connectivity index (χ4n) is 1.91. The second-order valence-corrected chi connectivity index (χ2v) is 4.40. The van der Waals surface area contributed by atoms with Crippen LogP contribution in [0, 0.1) is 5.92 Å². The average Bonchev–Trinajstić information content (AvgIpc) is 2.29. The highest BCUT2D eigenvalue weighted by molar-refractivity contribution is 6.29. The summed E-state index contributed by atoms with van der Waals surface area (Å²) in [6.45, 7) is 0.695. The van der Waals surface area contributed by atoms with Crippen LogP contribution in [-0.4, -0.2) is 29.5 Å².